The molecule has 5 rings (SSSR count). The molecule has 2 amide bonds. The Morgan fingerprint density at radius 1 is 0.919 bits per heavy atom. The highest BCUT2D eigenvalue weighted by Gasteiger charge is 2.28. The normalized spacial score (nSPS) is 24.1. The number of fused-ring (bicyclic) bond motifs is 2. The number of nitrogens with zero attached hydrogens (tertiary/aromatic N) is 2. The summed E-state index contributed by atoms with van der Waals surface area (Å²) in [7, 11) is -3.90. The number of rotatable bonds is 6. The van der Waals surface area contributed by atoms with Gasteiger partial charge in [0.05, 0.1) is 0 Å². The van der Waals surface area contributed by atoms with Gasteiger partial charge in [0.25, 0.3) is 0 Å². The fourth-order valence-electron chi connectivity index (χ4n) is 6.29. The van der Waals surface area contributed by atoms with Gasteiger partial charge in [0.2, 0.25) is 0 Å². The van der Waals surface area contributed by atoms with Gasteiger partial charge in [-0.25, -0.2) is 9.52 Å². The number of hydrogen-bond donors (Lipinski definition) is 4. The molecular weight excluding hydrogens is 488 g/mol. The van der Waals surface area contributed by atoms with Gasteiger partial charge in [-0.2, -0.15) is 13.1 Å². The first-order chi connectivity index (χ1) is 17.8. The maximum atomic E-state index is 12.5. The predicted molar refractivity (Wildman–Crippen MR) is 149 cm³/mol. The number of carbonyl (C=O) groups is 1. The lowest BCUT2D eigenvalue weighted by Gasteiger charge is -2.31. The van der Waals surface area contributed by atoms with Crippen molar-refractivity contribution in [1.29, 1.82) is 0 Å². The van der Waals surface area contributed by atoms with Crippen LogP contribution in [0, 0.1) is 0 Å². The molecule has 2 atom stereocenters. The van der Waals surface area contributed by atoms with E-state index >= 15 is 0 Å². The van der Waals surface area contributed by atoms with Crippen molar-refractivity contribution >= 4 is 21.9 Å². The molecule has 2 fully saturated rings. The third-order valence-corrected chi connectivity index (χ3v) is 9.30. The number of benzene rings is 1. The van der Waals surface area contributed by atoms with Gasteiger partial charge in [-0.15, -0.1) is 0 Å². The van der Waals surface area contributed by atoms with Gasteiger partial charge < -0.3 is 20.9 Å². The minimum absolute atomic E-state index is 0.163. The van der Waals surface area contributed by atoms with Crippen molar-refractivity contribution in [2.75, 3.05) is 44.6 Å². The molecule has 0 saturated carbocycles. The second-order valence-corrected chi connectivity index (χ2v) is 12.4. The third-order valence-electron chi connectivity index (χ3n) is 8.20. The average molecular weight is 535 g/mol. The Morgan fingerprint density at radius 2 is 1.51 bits per heavy atom. The molecule has 0 spiro atoms. The Balaban J connectivity index is 0.000000301. The molecule has 0 bridgehead atoms. The number of anilines is 1. The standard InChI is InChI=1S/C20H30N4O3S.C7H16N2/c1-2-24-11-5-8-16(13-24)22-28(26,27)23-20(25)21-19-17-9-3-6-14(17)12-15-7-4-10-18(15)19;1-2-9-5-3-4-7(8)6-9/h12,16,22H,2-11,13H2,1H3,(H2,21,23,25);7H,2-6,8H2,1H3. The summed E-state index contributed by atoms with van der Waals surface area (Å²) in [6, 6.07) is 1.89. The van der Waals surface area contributed by atoms with E-state index in [0.717, 1.165) is 83.2 Å². The van der Waals surface area contributed by atoms with E-state index in [0.29, 0.717) is 12.6 Å². The summed E-state index contributed by atoms with van der Waals surface area (Å²) in [5.74, 6) is 0. The van der Waals surface area contributed by atoms with E-state index in [9.17, 15) is 13.2 Å². The first kappa shape index (κ1) is 28.3. The smallest absolute Gasteiger partial charge is 0.327 e. The molecule has 37 heavy (non-hydrogen) atoms. The molecular formula is C27H46N6O3S. The van der Waals surface area contributed by atoms with E-state index in [2.05, 4.69) is 44.5 Å². The molecule has 4 aliphatic rings. The zero-order valence-corrected chi connectivity index (χ0v) is 23.5. The number of likely N-dealkylation sites (tertiary alicyclic amines) is 2. The van der Waals surface area contributed by atoms with Crippen molar-refractivity contribution in [2.45, 2.75) is 90.1 Å². The molecule has 2 heterocycles. The summed E-state index contributed by atoms with van der Waals surface area (Å²) in [5, 5.41) is 2.88. The van der Waals surface area contributed by atoms with Crippen molar-refractivity contribution in [1.82, 2.24) is 19.2 Å². The maximum Gasteiger partial charge on any atom is 0.333 e. The lowest BCUT2D eigenvalue weighted by atomic mass is 9.99. The molecule has 208 valence electrons. The molecule has 5 N–H and O–H groups in total. The van der Waals surface area contributed by atoms with E-state index in [1.807, 2.05) is 0 Å². The minimum Gasteiger partial charge on any atom is -0.327 e. The summed E-state index contributed by atoms with van der Waals surface area (Å²) >= 11 is 0. The largest absolute Gasteiger partial charge is 0.333 e. The summed E-state index contributed by atoms with van der Waals surface area (Å²) < 4.78 is 29.7. The van der Waals surface area contributed by atoms with Crippen LogP contribution in [-0.2, 0) is 35.9 Å². The number of nitrogens with two attached hydrogens (primary N) is 1. The number of hydrogen-bond acceptors (Lipinski definition) is 6. The topological polar surface area (TPSA) is 120 Å². The summed E-state index contributed by atoms with van der Waals surface area (Å²) in [4.78, 5) is 17.2. The lowest BCUT2D eigenvalue weighted by molar-refractivity contribution is 0.211. The molecule has 9 nitrogen and oxygen atoms in total. The highest BCUT2D eigenvalue weighted by Crippen LogP contribution is 2.38. The van der Waals surface area contributed by atoms with E-state index in [-0.39, 0.29) is 6.04 Å². The van der Waals surface area contributed by atoms with Gasteiger partial charge in [-0.05, 0) is 113 Å². The van der Waals surface area contributed by atoms with E-state index in [1.54, 1.807) is 0 Å². The number of urea groups is 1. The second-order valence-electron chi connectivity index (χ2n) is 10.9. The predicted octanol–water partition coefficient (Wildman–Crippen LogP) is 2.53. The highest BCUT2D eigenvalue weighted by molar-refractivity contribution is 7.88. The summed E-state index contributed by atoms with van der Waals surface area (Å²) in [5.41, 5.74) is 11.6. The summed E-state index contributed by atoms with van der Waals surface area (Å²) in [6.45, 7) is 10.4. The minimum atomic E-state index is -3.90. The van der Waals surface area contributed by atoms with Crippen LogP contribution in [0.25, 0.3) is 0 Å². The Kier molecular flexibility index (Phi) is 9.85. The van der Waals surface area contributed by atoms with Crippen molar-refractivity contribution in [2.24, 2.45) is 5.73 Å². The van der Waals surface area contributed by atoms with Crippen molar-refractivity contribution < 1.29 is 13.2 Å². The second kappa shape index (κ2) is 12.9. The van der Waals surface area contributed by atoms with Crippen LogP contribution < -0.4 is 20.5 Å². The Hall–Kier alpha value is -1.72. The Labute approximate surface area is 223 Å². The molecule has 10 heteroatoms. The fraction of sp³-hybridized carbons (Fsp3) is 0.741. The zero-order chi connectivity index (χ0) is 26.4. The van der Waals surface area contributed by atoms with Crippen molar-refractivity contribution in [3.63, 3.8) is 0 Å². The first-order valence-electron chi connectivity index (χ1n) is 14.3. The van der Waals surface area contributed by atoms with Crippen molar-refractivity contribution in [3.05, 3.63) is 28.3 Å². The van der Waals surface area contributed by atoms with Crippen LogP contribution >= 0.6 is 0 Å². The van der Waals surface area contributed by atoms with Crippen LogP contribution in [0.3, 0.4) is 0 Å². The lowest BCUT2D eigenvalue weighted by Crippen LogP contribution is -2.52. The zero-order valence-electron chi connectivity index (χ0n) is 22.7. The summed E-state index contributed by atoms with van der Waals surface area (Å²) in [6.07, 6.45) is 10.4. The van der Waals surface area contributed by atoms with Crippen LogP contribution in [0.4, 0.5) is 10.5 Å². The molecule has 2 saturated heterocycles. The number of piperidine rings is 2. The third kappa shape index (κ3) is 7.66. The van der Waals surface area contributed by atoms with Crippen LogP contribution in [0.15, 0.2) is 6.07 Å². The quantitative estimate of drug-likeness (QED) is 0.445. The van der Waals surface area contributed by atoms with Crippen LogP contribution in [0.5, 0.6) is 0 Å². The average Bonchev–Trinajstić information content (AvgIpc) is 3.53. The number of carbonyl (C=O) groups excluding carboxylic acids is 1. The number of likely N-dealkylation sites (N-methyl/N-ethyl adjacent to an activating group) is 2. The molecule has 0 aromatic heterocycles. The molecule has 2 unspecified atom stereocenters. The van der Waals surface area contributed by atoms with E-state index in [4.69, 9.17) is 5.73 Å². The van der Waals surface area contributed by atoms with Gasteiger partial charge in [0.15, 0.2) is 0 Å². The van der Waals surface area contributed by atoms with Gasteiger partial charge in [0.1, 0.15) is 0 Å². The van der Waals surface area contributed by atoms with Gasteiger partial charge in [-0.1, -0.05) is 19.9 Å². The maximum absolute atomic E-state index is 12.5. The van der Waals surface area contributed by atoms with Crippen molar-refractivity contribution in [3.8, 4) is 0 Å². The Morgan fingerprint density at radius 3 is 2.08 bits per heavy atom. The molecule has 2 aliphatic carbocycles. The SMILES string of the molecule is CCN1CCCC(N)C1.CCN1CCCC(NS(=O)(=O)NC(=O)Nc2c3c(cc4c2CCC4)CCC3)C1. The molecule has 1 aromatic carbocycles. The van der Waals surface area contributed by atoms with E-state index in [1.165, 1.54) is 41.6 Å². The van der Waals surface area contributed by atoms with Gasteiger partial charge in [-0.3, -0.25) is 0 Å². The highest BCUT2D eigenvalue weighted by atomic mass is 32.2. The van der Waals surface area contributed by atoms with Gasteiger partial charge >= 0.3 is 16.2 Å². The molecule has 2 aliphatic heterocycles. The Bertz CT molecular complexity index is 1010. The number of aryl methyl sites for hydroxylation is 2. The molecule has 1 aromatic rings. The molecule has 0 radical (unpaired) electrons. The van der Waals surface area contributed by atoms with Crippen LogP contribution in [0.2, 0.25) is 0 Å². The number of nitrogens with one attached hydrogen (secondary N) is 3. The monoisotopic (exact) mass is 534 g/mol. The number of amides is 2. The van der Waals surface area contributed by atoms with Crippen LogP contribution in [-0.4, -0.2) is 75.6 Å². The van der Waals surface area contributed by atoms with Gasteiger partial charge in [0, 0.05) is 30.9 Å². The van der Waals surface area contributed by atoms with Crippen LogP contribution in [0.1, 0.15) is 74.6 Å². The fourth-order valence-corrected chi connectivity index (χ4v) is 7.28. The van der Waals surface area contributed by atoms with E-state index < -0.39 is 16.2 Å². The first-order valence-corrected chi connectivity index (χ1v) is 15.7.